The van der Waals surface area contributed by atoms with Crippen LogP contribution >= 0.6 is 15.9 Å². The number of anilines is 1. The van der Waals surface area contributed by atoms with Crippen molar-refractivity contribution in [1.82, 2.24) is 4.90 Å². The molecular formula is C17H24BrN3O. The summed E-state index contributed by atoms with van der Waals surface area (Å²) in [7, 11) is 0. The third-order valence-electron chi connectivity index (χ3n) is 3.57. The molecule has 120 valence electrons. The van der Waals surface area contributed by atoms with Crippen molar-refractivity contribution in [3.8, 4) is 0 Å². The van der Waals surface area contributed by atoms with E-state index >= 15 is 0 Å². The normalized spacial score (nSPS) is 13.7. The van der Waals surface area contributed by atoms with Gasteiger partial charge in [-0.15, -0.1) is 0 Å². The van der Waals surface area contributed by atoms with Gasteiger partial charge in [0.05, 0.1) is 5.69 Å². The van der Waals surface area contributed by atoms with Crippen molar-refractivity contribution < 1.29 is 4.79 Å². The van der Waals surface area contributed by atoms with E-state index < -0.39 is 0 Å². The SMILES string of the molecule is C=NNc1cc(Br)cc(C2=CCN(C(C)=O)CC2)c1C.CC. The lowest BCUT2D eigenvalue weighted by Gasteiger charge is -2.26. The summed E-state index contributed by atoms with van der Waals surface area (Å²) >= 11 is 3.53. The number of nitrogens with one attached hydrogen (secondary N) is 1. The molecule has 1 heterocycles. The molecule has 5 heteroatoms. The van der Waals surface area contributed by atoms with Crippen LogP contribution in [-0.4, -0.2) is 30.6 Å². The summed E-state index contributed by atoms with van der Waals surface area (Å²) in [6, 6.07) is 4.09. The molecule has 0 aliphatic carbocycles. The summed E-state index contributed by atoms with van der Waals surface area (Å²) in [4.78, 5) is 13.2. The van der Waals surface area contributed by atoms with Gasteiger partial charge in [-0.1, -0.05) is 35.9 Å². The van der Waals surface area contributed by atoms with Gasteiger partial charge in [-0.25, -0.2) is 0 Å². The van der Waals surface area contributed by atoms with Crippen molar-refractivity contribution in [1.29, 1.82) is 0 Å². The maximum atomic E-state index is 11.4. The lowest BCUT2D eigenvalue weighted by Crippen LogP contribution is -2.32. The number of nitrogens with zero attached hydrogens (tertiary/aromatic N) is 2. The highest BCUT2D eigenvalue weighted by Gasteiger charge is 2.17. The Kier molecular flexibility index (Phi) is 7.32. The predicted octanol–water partition coefficient (Wildman–Crippen LogP) is 4.45. The van der Waals surface area contributed by atoms with Crippen molar-refractivity contribution in [2.75, 3.05) is 18.5 Å². The quantitative estimate of drug-likeness (QED) is 0.635. The Morgan fingerprint density at radius 3 is 2.59 bits per heavy atom. The first-order valence-electron chi connectivity index (χ1n) is 7.49. The lowest BCUT2D eigenvalue weighted by atomic mass is 9.94. The van der Waals surface area contributed by atoms with Gasteiger partial charge in [-0.3, -0.25) is 10.2 Å². The minimum absolute atomic E-state index is 0.129. The maximum absolute atomic E-state index is 11.4. The Morgan fingerprint density at radius 1 is 1.41 bits per heavy atom. The smallest absolute Gasteiger partial charge is 0.219 e. The fraction of sp³-hybridized carbons (Fsp3) is 0.412. The number of hydrogen-bond donors (Lipinski definition) is 1. The molecule has 0 saturated heterocycles. The van der Waals surface area contributed by atoms with Gasteiger partial charge in [0.25, 0.3) is 0 Å². The molecule has 22 heavy (non-hydrogen) atoms. The standard InChI is InChI=1S/C15H18BrN3O.C2H6/c1-10-14(8-13(16)9-15(10)18-17-3)12-4-6-19(7-5-12)11(2)20;1-2/h4,8-9,18H,3,5-7H2,1-2H3;1-2H3. The Balaban J connectivity index is 0.00000116. The molecule has 0 radical (unpaired) electrons. The first kappa shape index (κ1) is 18.4. The van der Waals surface area contributed by atoms with Crippen LogP contribution in [0, 0.1) is 6.92 Å². The molecule has 0 aromatic heterocycles. The molecule has 1 aliphatic heterocycles. The van der Waals surface area contributed by atoms with Crippen LogP contribution in [-0.2, 0) is 4.79 Å². The Bertz CT molecular complexity index is 582. The van der Waals surface area contributed by atoms with E-state index in [2.05, 4.69) is 52.2 Å². The fourth-order valence-corrected chi connectivity index (χ4v) is 2.87. The second-order valence-corrected chi connectivity index (χ2v) is 5.76. The Morgan fingerprint density at radius 2 is 2.09 bits per heavy atom. The number of hydrazone groups is 1. The van der Waals surface area contributed by atoms with E-state index in [1.807, 2.05) is 24.8 Å². The van der Waals surface area contributed by atoms with E-state index in [0.717, 1.165) is 28.7 Å². The van der Waals surface area contributed by atoms with Crippen molar-refractivity contribution >= 4 is 39.8 Å². The third kappa shape index (κ3) is 4.44. The summed E-state index contributed by atoms with van der Waals surface area (Å²) < 4.78 is 0.999. The average Bonchev–Trinajstić information content (AvgIpc) is 2.53. The largest absolute Gasteiger partial charge is 0.339 e. The molecule has 0 fully saturated rings. The van der Waals surface area contributed by atoms with E-state index in [0.29, 0.717) is 6.54 Å². The summed E-state index contributed by atoms with van der Waals surface area (Å²) in [5, 5.41) is 3.74. The van der Waals surface area contributed by atoms with Crippen LogP contribution in [0.1, 0.15) is 38.3 Å². The molecule has 1 aliphatic rings. The number of hydrogen-bond acceptors (Lipinski definition) is 3. The summed E-state index contributed by atoms with van der Waals surface area (Å²) in [5.74, 6) is 0.129. The van der Waals surface area contributed by atoms with Crippen molar-refractivity contribution in [3.05, 3.63) is 33.8 Å². The topological polar surface area (TPSA) is 44.7 Å². The molecule has 2 rings (SSSR count). The van der Waals surface area contributed by atoms with Gasteiger partial charge >= 0.3 is 0 Å². The molecule has 1 aromatic rings. The molecule has 1 amide bonds. The number of carbonyl (C=O) groups is 1. The van der Waals surface area contributed by atoms with Gasteiger partial charge in [0, 0.05) is 31.2 Å². The number of rotatable bonds is 3. The van der Waals surface area contributed by atoms with Crippen LogP contribution < -0.4 is 5.43 Å². The average molecular weight is 366 g/mol. The highest BCUT2D eigenvalue weighted by Crippen LogP contribution is 2.32. The minimum atomic E-state index is 0.129. The van der Waals surface area contributed by atoms with Gasteiger partial charge in [0.2, 0.25) is 5.91 Å². The maximum Gasteiger partial charge on any atom is 0.219 e. The van der Waals surface area contributed by atoms with E-state index in [9.17, 15) is 4.79 Å². The Labute approximate surface area is 141 Å². The number of benzene rings is 1. The van der Waals surface area contributed by atoms with Crippen LogP contribution in [0.25, 0.3) is 5.57 Å². The molecule has 0 bridgehead atoms. The molecule has 0 atom stereocenters. The highest BCUT2D eigenvalue weighted by atomic mass is 79.9. The van der Waals surface area contributed by atoms with Crippen LogP contribution in [0.4, 0.5) is 5.69 Å². The third-order valence-corrected chi connectivity index (χ3v) is 4.03. The summed E-state index contributed by atoms with van der Waals surface area (Å²) in [5.41, 5.74) is 7.46. The van der Waals surface area contributed by atoms with Gasteiger partial charge < -0.3 is 4.90 Å². The Hall–Kier alpha value is -1.62. The second kappa shape index (κ2) is 8.73. The summed E-state index contributed by atoms with van der Waals surface area (Å²) in [6.07, 6.45) is 3.00. The molecule has 4 nitrogen and oxygen atoms in total. The van der Waals surface area contributed by atoms with Crippen molar-refractivity contribution in [2.24, 2.45) is 5.10 Å². The summed E-state index contributed by atoms with van der Waals surface area (Å²) in [6.45, 7) is 12.6. The van der Waals surface area contributed by atoms with E-state index in [1.54, 1.807) is 6.92 Å². The predicted molar refractivity (Wildman–Crippen MR) is 98.2 cm³/mol. The van der Waals surface area contributed by atoms with Crippen molar-refractivity contribution in [3.63, 3.8) is 0 Å². The lowest BCUT2D eigenvalue weighted by molar-refractivity contribution is -0.128. The second-order valence-electron chi connectivity index (χ2n) is 4.84. The zero-order chi connectivity index (χ0) is 16.7. The minimum Gasteiger partial charge on any atom is -0.339 e. The molecule has 1 N–H and O–H groups in total. The molecular weight excluding hydrogens is 342 g/mol. The van der Waals surface area contributed by atoms with Crippen molar-refractivity contribution in [2.45, 2.75) is 34.1 Å². The number of amides is 1. The van der Waals surface area contributed by atoms with Gasteiger partial charge in [-0.2, -0.15) is 5.10 Å². The van der Waals surface area contributed by atoms with Crippen LogP contribution in [0.15, 0.2) is 27.8 Å². The van der Waals surface area contributed by atoms with Gasteiger partial charge in [-0.05, 0) is 42.2 Å². The molecule has 0 unspecified atom stereocenters. The van der Waals surface area contributed by atoms with Crippen LogP contribution in [0.3, 0.4) is 0 Å². The van der Waals surface area contributed by atoms with E-state index in [1.165, 1.54) is 11.1 Å². The van der Waals surface area contributed by atoms with E-state index in [-0.39, 0.29) is 5.91 Å². The monoisotopic (exact) mass is 365 g/mol. The van der Waals surface area contributed by atoms with Gasteiger partial charge in [0.1, 0.15) is 0 Å². The number of halogens is 1. The first-order chi connectivity index (χ1) is 10.5. The zero-order valence-corrected chi connectivity index (χ0v) is 15.3. The zero-order valence-electron chi connectivity index (χ0n) is 13.7. The van der Waals surface area contributed by atoms with Crippen LogP contribution in [0.2, 0.25) is 0 Å². The van der Waals surface area contributed by atoms with E-state index in [4.69, 9.17) is 0 Å². The first-order valence-corrected chi connectivity index (χ1v) is 8.29. The molecule has 0 saturated carbocycles. The number of carbonyl (C=O) groups excluding carboxylic acids is 1. The highest BCUT2D eigenvalue weighted by molar-refractivity contribution is 9.10. The molecule has 1 aromatic carbocycles. The van der Waals surface area contributed by atoms with Crippen LogP contribution in [0.5, 0.6) is 0 Å². The van der Waals surface area contributed by atoms with Gasteiger partial charge in [0.15, 0.2) is 0 Å². The fourth-order valence-electron chi connectivity index (χ4n) is 2.41. The molecule has 0 spiro atoms.